The third kappa shape index (κ3) is 5.03. The number of sulfonamides is 1. The van der Waals surface area contributed by atoms with Crippen LogP contribution < -0.4 is 15.4 Å². The highest BCUT2D eigenvalue weighted by Gasteiger charge is 2.29. The number of carbonyl (C=O) groups is 1. The first-order chi connectivity index (χ1) is 17.0. The summed E-state index contributed by atoms with van der Waals surface area (Å²) in [6, 6.07) is 14.0. The summed E-state index contributed by atoms with van der Waals surface area (Å²) in [6.07, 6.45) is 4.07. The average molecular weight is 507 g/mol. The molecule has 0 aliphatic carbocycles. The summed E-state index contributed by atoms with van der Waals surface area (Å²) >= 11 is 0. The third-order valence-electron chi connectivity index (χ3n) is 5.80. The zero-order chi connectivity index (χ0) is 26.1. The minimum Gasteiger partial charge on any atom is -0.383 e. The van der Waals surface area contributed by atoms with Gasteiger partial charge in [-0.25, -0.2) is 23.1 Å². The highest BCUT2D eigenvalue weighted by Crippen LogP contribution is 2.31. The Balaban J connectivity index is 1.81. The summed E-state index contributed by atoms with van der Waals surface area (Å²) in [7, 11) is -4.25. The number of amides is 1. The third-order valence-corrected chi connectivity index (χ3v) is 7.18. The number of benzene rings is 1. The Morgan fingerprint density at radius 3 is 2.61 bits per heavy atom. The lowest BCUT2D eigenvalue weighted by molar-refractivity contribution is 0.0981. The van der Waals surface area contributed by atoms with Crippen LogP contribution in [0.4, 0.5) is 11.6 Å². The SMILES string of the molecule is CCCN(c1nc(-c2ccc3[nH]ccc3c2)ccc1C(=O)NS(=O)(=O)c1cccnc1N)C(C)(C)C. The zero-order valence-electron chi connectivity index (χ0n) is 20.7. The molecule has 4 aromatic rings. The molecule has 3 aromatic heterocycles. The molecule has 0 fully saturated rings. The maximum atomic E-state index is 13.4. The molecule has 1 amide bonds. The van der Waals surface area contributed by atoms with Gasteiger partial charge in [0.05, 0.1) is 11.3 Å². The van der Waals surface area contributed by atoms with Crippen LogP contribution in [0.3, 0.4) is 0 Å². The predicted octanol–water partition coefficient (Wildman–Crippen LogP) is 4.34. The van der Waals surface area contributed by atoms with E-state index >= 15 is 0 Å². The Bertz CT molecular complexity index is 1520. The molecule has 1 aromatic carbocycles. The number of hydrogen-bond donors (Lipinski definition) is 3. The number of hydrogen-bond acceptors (Lipinski definition) is 7. The minimum atomic E-state index is -4.25. The quantitative estimate of drug-likeness (QED) is 0.339. The van der Waals surface area contributed by atoms with E-state index in [1.165, 1.54) is 18.3 Å². The van der Waals surface area contributed by atoms with Gasteiger partial charge in [-0.05, 0) is 69.7 Å². The predicted molar refractivity (Wildman–Crippen MR) is 142 cm³/mol. The van der Waals surface area contributed by atoms with Crippen molar-refractivity contribution in [3.05, 3.63) is 66.5 Å². The first kappa shape index (κ1) is 25.2. The lowest BCUT2D eigenvalue weighted by Gasteiger charge is -2.37. The molecule has 4 N–H and O–H groups in total. The second-order valence-corrected chi connectivity index (χ2v) is 11.1. The maximum absolute atomic E-state index is 13.4. The second-order valence-electron chi connectivity index (χ2n) is 9.49. The number of carbonyl (C=O) groups excluding carboxylic acids is 1. The minimum absolute atomic E-state index is 0.149. The molecule has 9 nitrogen and oxygen atoms in total. The van der Waals surface area contributed by atoms with E-state index < -0.39 is 15.9 Å². The van der Waals surface area contributed by atoms with E-state index in [9.17, 15) is 13.2 Å². The number of nitrogens with one attached hydrogen (secondary N) is 2. The number of H-pyrrole nitrogens is 1. The van der Waals surface area contributed by atoms with Gasteiger partial charge in [-0.3, -0.25) is 4.79 Å². The van der Waals surface area contributed by atoms with Crippen LogP contribution in [0.2, 0.25) is 0 Å². The number of fused-ring (bicyclic) bond motifs is 1. The normalized spacial score (nSPS) is 12.0. The van der Waals surface area contributed by atoms with Gasteiger partial charge in [0.15, 0.2) is 0 Å². The zero-order valence-corrected chi connectivity index (χ0v) is 21.6. The van der Waals surface area contributed by atoms with Crippen molar-refractivity contribution >= 4 is 38.5 Å². The first-order valence-electron chi connectivity index (χ1n) is 11.6. The van der Waals surface area contributed by atoms with Crippen molar-refractivity contribution in [3.8, 4) is 11.3 Å². The number of nitrogen functional groups attached to an aromatic ring is 1. The smallest absolute Gasteiger partial charge is 0.268 e. The molecule has 0 saturated carbocycles. The fraction of sp³-hybridized carbons (Fsp3) is 0.269. The fourth-order valence-electron chi connectivity index (χ4n) is 4.05. The van der Waals surface area contributed by atoms with Crippen LogP contribution in [0, 0.1) is 0 Å². The van der Waals surface area contributed by atoms with Crippen molar-refractivity contribution in [2.24, 2.45) is 0 Å². The topological polar surface area (TPSA) is 134 Å². The number of aromatic amines is 1. The summed E-state index contributed by atoms with van der Waals surface area (Å²) in [5, 5.41) is 1.04. The van der Waals surface area contributed by atoms with Crippen molar-refractivity contribution in [2.75, 3.05) is 17.2 Å². The number of rotatable bonds is 7. The van der Waals surface area contributed by atoms with E-state index in [-0.39, 0.29) is 21.8 Å². The Morgan fingerprint density at radius 1 is 1.14 bits per heavy atom. The molecule has 0 radical (unpaired) electrons. The Labute approximate surface area is 210 Å². The van der Waals surface area contributed by atoms with Gasteiger partial charge in [-0.2, -0.15) is 0 Å². The monoisotopic (exact) mass is 506 g/mol. The lowest BCUT2D eigenvalue weighted by Crippen LogP contribution is -2.44. The van der Waals surface area contributed by atoms with Crippen LogP contribution >= 0.6 is 0 Å². The van der Waals surface area contributed by atoms with Crippen molar-refractivity contribution in [1.82, 2.24) is 19.7 Å². The summed E-state index contributed by atoms with van der Waals surface area (Å²) in [5.41, 5.74) is 8.09. The largest absolute Gasteiger partial charge is 0.383 e. The number of pyridine rings is 2. The van der Waals surface area contributed by atoms with Gasteiger partial charge in [-0.15, -0.1) is 0 Å². The molecule has 10 heteroatoms. The molecule has 188 valence electrons. The van der Waals surface area contributed by atoms with Gasteiger partial charge in [0.2, 0.25) is 0 Å². The molecule has 4 rings (SSSR count). The van der Waals surface area contributed by atoms with E-state index in [2.05, 4.69) is 14.7 Å². The summed E-state index contributed by atoms with van der Waals surface area (Å²) in [6.45, 7) is 8.74. The van der Waals surface area contributed by atoms with E-state index in [4.69, 9.17) is 10.7 Å². The number of nitrogens with two attached hydrogens (primary N) is 1. The van der Waals surface area contributed by atoms with Crippen LogP contribution in [0.15, 0.2) is 65.8 Å². The number of nitrogens with zero attached hydrogens (tertiary/aromatic N) is 3. The molecular weight excluding hydrogens is 476 g/mol. The molecule has 3 heterocycles. The highest BCUT2D eigenvalue weighted by atomic mass is 32.2. The van der Waals surface area contributed by atoms with Gasteiger partial charge in [0.1, 0.15) is 16.5 Å². The van der Waals surface area contributed by atoms with Gasteiger partial charge < -0.3 is 15.6 Å². The lowest BCUT2D eigenvalue weighted by atomic mass is 10.0. The van der Waals surface area contributed by atoms with Crippen LogP contribution in [-0.2, 0) is 10.0 Å². The van der Waals surface area contributed by atoms with E-state index in [1.54, 1.807) is 12.1 Å². The van der Waals surface area contributed by atoms with Crippen molar-refractivity contribution in [3.63, 3.8) is 0 Å². The molecule has 0 aliphatic rings. The highest BCUT2D eigenvalue weighted by molar-refractivity contribution is 7.90. The molecule has 0 unspecified atom stereocenters. The summed E-state index contributed by atoms with van der Waals surface area (Å²) in [5.74, 6) is -0.574. The van der Waals surface area contributed by atoms with E-state index in [0.29, 0.717) is 18.1 Å². The summed E-state index contributed by atoms with van der Waals surface area (Å²) in [4.78, 5) is 27.0. The molecule has 36 heavy (non-hydrogen) atoms. The van der Waals surface area contributed by atoms with Crippen molar-refractivity contribution in [1.29, 1.82) is 0 Å². The van der Waals surface area contributed by atoms with Crippen LogP contribution in [0.5, 0.6) is 0 Å². The standard InChI is InChI=1S/C26H30N6O3S/c1-5-15-32(26(2,3)4)24-19(25(33)31-36(34,35)22-7-6-13-29-23(22)27)9-11-21(30-24)17-8-10-20-18(16-17)12-14-28-20/h6-14,16,28H,5,15H2,1-4H3,(H2,27,29)(H,31,33). The van der Waals surface area contributed by atoms with Crippen molar-refractivity contribution < 1.29 is 13.2 Å². The second kappa shape index (κ2) is 9.62. The number of aromatic nitrogens is 3. The Morgan fingerprint density at radius 2 is 1.92 bits per heavy atom. The molecule has 0 bridgehead atoms. The average Bonchev–Trinajstić information content (AvgIpc) is 3.29. The molecule has 0 spiro atoms. The molecular formula is C26H30N6O3S. The van der Waals surface area contributed by atoms with Crippen molar-refractivity contribution in [2.45, 2.75) is 44.6 Å². The van der Waals surface area contributed by atoms with Gasteiger partial charge in [0.25, 0.3) is 15.9 Å². The van der Waals surface area contributed by atoms with Crippen LogP contribution in [-0.4, -0.2) is 41.4 Å². The summed E-state index contributed by atoms with van der Waals surface area (Å²) < 4.78 is 28.0. The first-order valence-corrected chi connectivity index (χ1v) is 13.1. The molecule has 0 atom stereocenters. The molecule has 0 saturated heterocycles. The molecule has 0 aliphatic heterocycles. The van der Waals surface area contributed by atoms with Crippen LogP contribution in [0.25, 0.3) is 22.2 Å². The van der Waals surface area contributed by atoms with Gasteiger partial charge in [-0.1, -0.05) is 13.0 Å². The van der Waals surface area contributed by atoms with Gasteiger partial charge >= 0.3 is 0 Å². The Hall–Kier alpha value is -3.92. The number of anilines is 2. The van der Waals surface area contributed by atoms with Crippen LogP contribution in [0.1, 0.15) is 44.5 Å². The Kier molecular flexibility index (Phi) is 6.73. The van der Waals surface area contributed by atoms with Gasteiger partial charge in [0, 0.05) is 40.9 Å². The van der Waals surface area contributed by atoms with E-state index in [0.717, 1.165) is 22.9 Å². The maximum Gasteiger partial charge on any atom is 0.268 e. The fourth-order valence-corrected chi connectivity index (χ4v) is 5.10. The van der Waals surface area contributed by atoms with E-state index in [1.807, 2.05) is 63.1 Å².